The fourth-order valence-corrected chi connectivity index (χ4v) is 1.63. The number of carbonyl (C=O) groups excluding carboxylic acids is 1. The molecule has 1 aliphatic rings. The molecule has 4 nitrogen and oxygen atoms in total. The lowest BCUT2D eigenvalue weighted by molar-refractivity contribution is -0.126. The first-order valence-electron chi connectivity index (χ1n) is 5.29. The number of nitrogens with one attached hydrogen (secondary N) is 1. The number of hydroxylamine groups is 1. The zero-order valence-electron chi connectivity index (χ0n) is 9.91. The van der Waals surface area contributed by atoms with Crippen LogP contribution in [0.5, 0.6) is 0 Å². The Bertz CT molecular complexity index is 495. The van der Waals surface area contributed by atoms with Crippen LogP contribution in [0.15, 0.2) is 30.0 Å². The predicted octanol–water partition coefficient (Wildman–Crippen LogP) is 1.51. The summed E-state index contributed by atoms with van der Waals surface area (Å²) in [4.78, 5) is 18.0. The Morgan fingerprint density at radius 3 is 2.50 bits per heavy atom. The van der Waals surface area contributed by atoms with Crippen molar-refractivity contribution in [2.24, 2.45) is 0 Å². The zero-order valence-corrected chi connectivity index (χ0v) is 9.91. The minimum absolute atomic E-state index is 0.160. The second kappa shape index (κ2) is 4.73. The lowest BCUT2D eigenvalue weighted by Crippen LogP contribution is -2.28. The van der Waals surface area contributed by atoms with E-state index in [2.05, 4.69) is 5.48 Å². The molecule has 1 amide bonds. The molecule has 6 heteroatoms. The quantitative estimate of drug-likeness (QED) is 0.869. The molecule has 0 aliphatic carbocycles. The van der Waals surface area contributed by atoms with E-state index >= 15 is 0 Å². The minimum Gasteiger partial charge on any atom is -0.343 e. The molecular weight excluding hydrogens is 242 g/mol. The molecule has 96 valence electrons. The number of rotatable bonds is 2. The van der Waals surface area contributed by atoms with Gasteiger partial charge in [0.05, 0.1) is 5.56 Å². The average Bonchev–Trinajstić information content (AvgIpc) is 2.77. The van der Waals surface area contributed by atoms with Crippen LogP contribution in [0.3, 0.4) is 0 Å². The number of nitrogens with zero attached hydrogens (tertiary/aromatic N) is 1. The van der Waals surface area contributed by atoms with Gasteiger partial charge in [0.2, 0.25) is 0 Å². The maximum atomic E-state index is 13.5. The molecule has 1 aromatic rings. The number of likely N-dealkylation sites (N-methyl/N-ethyl adjacent to an activating group) is 1. The highest BCUT2D eigenvalue weighted by molar-refractivity contribution is 5.92. The van der Waals surface area contributed by atoms with E-state index in [-0.39, 0.29) is 17.2 Å². The van der Waals surface area contributed by atoms with Crippen molar-refractivity contribution in [1.82, 2.24) is 10.4 Å². The predicted molar refractivity (Wildman–Crippen MR) is 60.1 cm³/mol. The Morgan fingerprint density at radius 1 is 1.33 bits per heavy atom. The van der Waals surface area contributed by atoms with Gasteiger partial charge in [-0.05, 0) is 18.2 Å². The summed E-state index contributed by atoms with van der Waals surface area (Å²) < 4.78 is 27.0. The molecule has 0 saturated carbocycles. The number of amides is 1. The summed E-state index contributed by atoms with van der Waals surface area (Å²) >= 11 is 0. The summed E-state index contributed by atoms with van der Waals surface area (Å²) in [6, 6.07) is 3.55. The van der Waals surface area contributed by atoms with Crippen LogP contribution >= 0.6 is 0 Å². The Hall–Kier alpha value is -1.95. The molecule has 1 N–H and O–H groups in total. The van der Waals surface area contributed by atoms with Crippen LogP contribution in [0.25, 0.3) is 0 Å². The number of carbonyl (C=O) groups is 1. The number of hydrogen-bond acceptors (Lipinski definition) is 3. The summed E-state index contributed by atoms with van der Waals surface area (Å²) in [5.41, 5.74) is 2.32. The van der Waals surface area contributed by atoms with Gasteiger partial charge in [-0.3, -0.25) is 15.1 Å². The average molecular weight is 254 g/mol. The first-order chi connectivity index (χ1) is 8.50. The Kier molecular flexibility index (Phi) is 3.29. The zero-order chi connectivity index (χ0) is 13.3. The van der Waals surface area contributed by atoms with E-state index in [1.54, 1.807) is 14.1 Å². The van der Waals surface area contributed by atoms with Crippen LogP contribution in [0.4, 0.5) is 8.78 Å². The standard InChI is InChI=1S/C12H12F2N2O2/c1-16(2)12(17)9-6-10(18-15-9)11-7(13)4-3-5-8(11)14/h3-6,10,15H,1-2H3. The third-order valence-corrected chi connectivity index (χ3v) is 2.53. The first kappa shape index (κ1) is 12.5. The van der Waals surface area contributed by atoms with E-state index in [0.29, 0.717) is 0 Å². The van der Waals surface area contributed by atoms with Crippen molar-refractivity contribution in [2.75, 3.05) is 14.1 Å². The SMILES string of the molecule is CN(C)C(=O)C1=CC(c2c(F)cccc2F)ON1. The van der Waals surface area contributed by atoms with Crippen molar-refractivity contribution in [1.29, 1.82) is 0 Å². The molecule has 0 bridgehead atoms. The van der Waals surface area contributed by atoms with Crippen LogP contribution < -0.4 is 5.48 Å². The summed E-state index contributed by atoms with van der Waals surface area (Å²) in [5.74, 6) is -1.75. The lowest BCUT2D eigenvalue weighted by atomic mass is 10.1. The fraction of sp³-hybridized carbons (Fsp3) is 0.250. The fourth-order valence-electron chi connectivity index (χ4n) is 1.63. The van der Waals surface area contributed by atoms with Crippen LogP contribution in [0.1, 0.15) is 11.7 Å². The van der Waals surface area contributed by atoms with Crippen LogP contribution in [-0.4, -0.2) is 24.9 Å². The largest absolute Gasteiger partial charge is 0.343 e. The van der Waals surface area contributed by atoms with Crippen molar-refractivity contribution in [3.63, 3.8) is 0 Å². The summed E-state index contributed by atoms with van der Waals surface area (Å²) in [5, 5.41) is 0. The van der Waals surface area contributed by atoms with Crippen LogP contribution in [0.2, 0.25) is 0 Å². The van der Waals surface area contributed by atoms with Crippen molar-refractivity contribution in [3.05, 3.63) is 47.2 Å². The molecule has 0 radical (unpaired) electrons. The van der Waals surface area contributed by atoms with Crippen LogP contribution in [-0.2, 0) is 9.63 Å². The van der Waals surface area contributed by atoms with Crippen molar-refractivity contribution >= 4 is 5.91 Å². The van der Waals surface area contributed by atoms with E-state index in [9.17, 15) is 13.6 Å². The number of halogens is 2. The van der Waals surface area contributed by atoms with Gasteiger partial charge < -0.3 is 4.90 Å². The van der Waals surface area contributed by atoms with Crippen molar-refractivity contribution in [2.45, 2.75) is 6.10 Å². The Balaban J connectivity index is 2.30. The summed E-state index contributed by atoms with van der Waals surface area (Å²) in [6.45, 7) is 0. The van der Waals surface area contributed by atoms with Gasteiger partial charge in [0.1, 0.15) is 23.4 Å². The Morgan fingerprint density at radius 2 is 1.94 bits per heavy atom. The van der Waals surface area contributed by atoms with Crippen molar-refractivity contribution < 1.29 is 18.4 Å². The maximum absolute atomic E-state index is 13.5. The van der Waals surface area contributed by atoms with Gasteiger partial charge in [-0.15, -0.1) is 0 Å². The summed E-state index contributed by atoms with van der Waals surface area (Å²) in [6.07, 6.45) is 0.397. The topological polar surface area (TPSA) is 41.6 Å². The van der Waals surface area contributed by atoms with Gasteiger partial charge in [0.25, 0.3) is 5.91 Å². The highest BCUT2D eigenvalue weighted by Gasteiger charge is 2.27. The van der Waals surface area contributed by atoms with Gasteiger partial charge in [-0.2, -0.15) is 0 Å². The lowest BCUT2D eigenvalue weighted by Gasteiger charge is -2.10. The van der Waals surface area contributed by atoms with Gasteiger partial charge >= 0.3 is 0 Å². The minimum atomic E-state index is -0.954. The molecule has 0 saturated heterocycles. The third kappa shape index (κ3) is 2.19. The molecule has 0 spiro atoms. The molecule has 1 aliphatic heterocycles. The van der Waals surface area contributed by atoms with Gasteiger partial charge in [-0.1, -0.05) is 6.07 Å². The second-order valence-corrected chi connectivity index (χ2v) is 4.06. The molecule has 0 fully saturated rings. The molecule has 1 aromatic carbocycles. The molecule has 2 rings (SSSR count). The molecule has 1 heterocycles. The van der Waals surface area contributed by atoms with Gasteiger partial charge in [-0.25, -0.2) is 8.78 Å². The highest BCUT2D eigenvalue weighted by Crippen LogP contribution is 2.28. The molecule has 1 atom stereocenters. The van der Waals surface area contributed by atoms with E-state index in [1.165, 1.54) is 17.0 Å². The first-order valence-corrected chi connectivity index (χ1v) is 5.29. The molecular formula is C12H12F2N2O2. The third-order valence-electron chi connectivity index (χ3n) is 2.53. The second-order valence-electron chi connectivity index (χ2n) is 4.06. The highest BCUT2D eigenvalue weighted by atomic mass is 19.1. The number of hydrogen-bond donors (Lipinski definition) is 1. The van der Waals surface area contributed by atoms with Crippen LogP contribution in [0, 0.1) is 11.6 Å². The molecule has 0 aromatic heterocycles. The van der Waals surface area contributed by atoms with E-state index in [1.807, 2.05) is 0 Å². The van der Waals surface area contributed by atoms with E-state index in [4.69, 9.17) is 4.84 Å². The molecule has 1 unspecified atom stereocenters. The summed E-state index contributed by atoms with van der Waals surface area (Å²) in [7, 11) is 3.14. The normalized spacial score (nSPS) is 18.2. The monoisotopic (exact) mass is 254 g/mol. The van der Waals surface area contributed by atoms with Gasteiger partial charge in [0, 0.05) is 14.1 Å². The van der Waals surface area contributed by atoms with Crippen molar-refractivity contribution in [3.8, 4) is 0 Å². The smallest absolute Gasteiger partial charge is 0.271 e. The number of benzene rings is 1. The maximum Gasteiger partial charge on any atom is 0.271 e. The van der Waals surface area contributed by atoms with Gasteiger partial charge in [0.15, 0.2) is 0 Å². The molecule has 18 heavy (non-hydrogen) atoms. The van der Waals surface area contributed by atoms with E-state index < -0.39 is 17.7 Å². The Labute approximate surface area is 103 Å². The van der Waals surface area contributed by atoms with E-state index in [0.717, 1.165) is 12.1 Å².